The lowest BCUT2D eigenvalue weighted by atomic mass is 10.1. The van der Waals surface area contributed by atoms with E-state index in [0.29, 0.717) is 5.56 Å². The van der Waals surface area contributed by atoms with Gasteiger partial charge in [-0.05, 0) is 17.7 Å². The lowest BCUT2D eigenvalue weighted by Gasteiger charge is -2.18. The van der Waals surface area contributed by atoms with Crippen LogP contribution in [0.25, 0.3) is 0 Å². The molecule has 0 radical (unpaired) electrons. The Morgan fingerprint density at radius 1 is 1.24 bits per heavy atom. The highest BCUT2D eigenvalue weighted by atomic mass is 16.5. The van der Waals surface area contributed by atoms with Gasteiger partial charge < -0.3 is 9.15 Å². The SMILES string of the molecule is Cn1nccc1C(OC(=O)c1ccoc1)c1ccccc1. The van der Waals surface area contributed by atoms with Crippen molar-refractivity contribution in [2.75, 3.05) is 0 Å². The van der Waals surface area contributed by atoms with Crippen LogP contribution in [0.5, 0.6) is 0 Å². The first-order chi connectivity index (χ1) is 10.3. The number of benzene rings is 1. The number of esters is 1. The summed E-state index contributed by atoms with van der Waals surface area (Å²) < 4.78 is 12.3. The Balaban J connectivity index is 1.94. The Morgan fingerprint density at radius 2 is 2.05 bits per heavy atom. The third kappa shape index (κ3) is 2.72. The van der Waals surface area contributed by atoms with E-state index >= 15 is 0 Å². The normalized spacial score (nSPS) is 12.0. The molecule has 106 valence electrons. The molecule has 0 aliphatic carbocycles. The average molecular weight is 282 g/mol. The Bertz CT molecular complexity index is 717. The van der Waals surface area contributed by atoms with Gasteiger partial charge in [0.15, 0.2) is 6.10 Å². The zero-order valence-electron chi connectivity index (χ0n) is 11.5. The first kappa shape index (κ1) is 13.2. The zero-order chi connectivity index (χ0) is 14.7. The third-order valence-electron chi connectivity index (χ3n) is 3.21. The summed E-state index contributed by atoms with van der Waals surface area (Å²) in [5.74, 6) is -0.432. The van der Waals surface area contributed by atoms with Gasteiger partial charge in [0.25, 0.3) is 0 Å². The fourth-order valence-corrected chi connectivity index (χ4v) is 2.12. The van der Waals surface area contributed by atoms with Crippen LogP contribution in [-0.4, -0.2) is 15.7 Å². The molecule has 0 N–H and O–H groups in total. The minimum atomic E-state index is -0.513. The quantitative estimate of drug-likeness (QED) is 0.690. The lowest BCUT2D eigenvalue weighted by molar-refractivity contribution is 0.0363. The zero-order valence-corrected chi connectivity index (χ0v) is 11.5. The van der Waals surface area contributed by atoms with Crippen molar-refractivity contribution in [1.29, 1.82) is 0 Å². The van der Waals surface area contributed by atoms with Gasteiger partial charge in [0.2, 0.25) is 0 Å². The van der Waals surface area contributed by atoms with Gasteiger partial charge in [-0.15, -0.1) is 0 Å². The van der Waals surface area contributed by atoms with Crippen LogP contribution in [-0.2, 0) is 11.8 Å². The van der Waals surface area contributed by atoms with Crippen molar-refractivity contribution in [1.82, 2.24) is 9.78 Å². The summed E-state index contributed by atoms with van der Waals surface area (Å²) in [4.78, 5) is 12.2. The van der Waals surface area contributed by atoms with Crippen LogP contribution in [0.15, 0.2) is 65.6 Å². The predicted molar refractivity (Wildman–Crippen MR) is 75.6 cm³/mol. The van der Waals surface area contributed by atoms with Crippen molar-refractivity contribution >= 4 is 5.97 Å². The summed E-state index contributed by atoms with van der Waals surface area (Å²) in [6, 6.07) is 13.0. The summed E-state index contributed by atoms with van der Waals surface area (Å²) >= 11 is 0. The number of nitrogens with zero attached hydrogens (tertiary/aromatic N) is 2. The van der Waals surface area contributed by atoms with Crippen molar-refractivity contribution in [3.63, 3.8) is 0 Å². The van der Waals surface area contributed by atoms with Crippen LogP contribution in [0, 0.1) is 0 Å². The minimum absolute atomic E-state index is 0.387. The number of rotatable bonds is 4. The highest BCUT2D eigenvalue weighted by Crippen LogP contribution is 2.26. The molecule has 0 aliphatic rings. The maximum atomic E-state index is 12.2. The van der Waals surface area contributed by atoms with Crippen LogP contribution in [0.2, 0.25) is 0 Å². The Kier molecular flexibility index (Phi) is 3.55. The van der Waals surface area contributed by atoms with Gasteiger partial charge in [-0.1, -0.05) is 30.3 Å². The van der Waals surface area contributed by atoms with Crippen LogP contribution < -0.4 is 0 Å². The summed E-state index contributed by atoms with van der Waals surface area (Å²) in [7, 11) is 1.82. The minimum Gasteiger partial charge on any atom is -0.472 e. The van der Waals surface area contributed by atoms with E-state index in [9.17, 15) is 4.79 Å². The number of ether oxygens (including phenoxy) is 1. The van der Waals surface area contributed by atoms with Crippen molar-refractivity contribution in [2.24, 2.45) is 7.05 Å². The van der Waals surface area contributed by atoms with Crippen molar-refractivity contribution in [3.05, 3.63) is 78.0 Å². The van der Waals surface area contributed by atoms with Crippen LogP contribution in [0.4, 0.5) is 0 Å². The molecule has 1 unspecified atom stereocenters. The largest absolute Gasteiger partial charge is 0.472 e. The van der Waals surface area contributed by atoms with Gasteiger partial charge in [-0.3, -0.25) is 4.68 Å². The summed E-state index contributed by atoms with van der Waals surface area (Å²) in [6.07, 6.45) is 3.98. The van der Waals surface area contributed by atoms with Gasteiger partial charge in [-0.2, -0.15) is 5.10 Å². The van der Waals surface area contributed by atoms with E-state index in [-0.39, 0.29) is 0 Å². The number of hydrogen-bond acceptors (Lipinski definition) is 4. The molecular formula is C16H14N2O3. The first-order valence-electron chi connectivity index (χ1n) is 6.52. The topological polar surface area (TPSA) is 57.3 Å². The monoisotopic (exact) mass is 282 g/mol. The molecular weight excluding hydrogens is 268 g/mol. The van der Waals surface area contributed by atoms with Crippen LogP contribution >= 0.6 is 0 Å². The number of carbonyl (C=O) groups is 1. The van der Waals surface area contributed by atoms with Crippen molar-refractivity contribution in [2.45, 2.75) is 6.10 Å². The highest BCUT2D eigenvalue weighted by molar-refractivity contribution is 5.89. The summed E-state index contributed by atoms with van der Waals surface area (Å²) in [6.45, 7) is 0. The van der Waals surface area contributed by atoms with E-state index in [1.807, 2.05) is 43.4 Å². The lowest BCUT2D eigenvalue weighted by Crippen LogP contribution is -2.15. The second kappa shape index (κ2) is 5.66. The molecule has 0 saturated heterocycles. The Hall–Kier alpha value is -2.82. The smallest absolute Gasteiger partial charge is 0.342 e. The van der Waals surface area contributed by atoms with E-state index in [0.717, 1.165) is 11.3 Å². The highest BCUT2D eigenvalue weighted by Gasteiger charge is 2.23. The molecule has 5 nitrogen and oxygen atoms in total. The van der Waals surface area contributed by atoms with Crippen molar-refractivity contribution in [3.8, 4) is 0 Å². The van der Waals surface area contributed by atoms with Crippen LogP contribution in [0.1, 0.15) is 27.7 Å². The van der Waals surface area contributed by atoms with E-state index in [4.69, 9.17) is 9.15 Å². The van der Waals surface area contributed by atoms with E-state index in [2.05, 4.69) is 5.10 Å². The fourth-order valence-electron chi connectivity index (χ4n) is 2.12. The molecule has 5 heteroatoms. The standard InChI is InChI=1S/C16H14N2O3/c1-18-14(7-9-17-18)15(12-5-3-2-4-6-12)21-16(19)13-8-10-20-11-13/h2-11,15H,1H3. The van der Waals surface area contributed by atoms with Crippen LogP contribution in [0.3, 0.4) is 0 Å². The van der Waals surface area contributed by atoms with E-state index in [1.54, 1.807) is 16.9 Å². The Morgan fingerprint density at radius 3 is 2.67 bits per heavy atom. The molecule has 1 aromatic carbocycles. The molecule has 0 fully saturated rings. The van der Waals surface area contributed by atoms with Gasteiger partial charge >= 0.3 is 5.97 Å². The second-order valence-corrected chi connectivity index (χ2v) is 4.59. The molecule has 21 heavy (non-hydrogen) atoms. The maximum absolute atomic E-state index is 12.2. The number of aromatic nitrogens is 2. The average Bonchev–Trinajstić information content (AvgIpc) is 3.17. The molecule has 0 spiro atoms. The molecule has 2 aromatic heterocycles. The van der Waals surface area contributed by atoms with Gasteiger partial charge in [0.05, 0.1) is 17.5 Å². The van der Waals surface area contributed by atoms with Crippen molar-refractivity contribution < 1.29 is 13.9 Å². The van der Waals surface area contributed by atoms with E-state index in [1.165, 1.54) is 12.5 Å². The molecule has 3 rings (SSSR count). The fraction of sp³-hybridized carbons (Fsp3) is 0.125. The predicted octanol–water partition coefficient (Wildman–Crippen LogP) is 2.96. The maximum Gasteiger partial charge on any atom is 0.342 e. The molecule has 0 saturated carbocycles. The second-order valence-electron chi connectivity index (χ2n) is 4.59. The Labute approximate surface area is 121 Å². The number of furan rings is 1. The van der Waals surface area contributed by atoms with Gasteiger partial charge in [-0.25, -0.2) is 4.79 Å². The molecule has 1 atom stereocenters. The third-order valence-corrected chi connectivity index (χ3v) is 3.21. The number of carbonyl (C=O) groups excluding carboxylic acids is 1. The number of hydrogen-bond donors (Lipinski definition) is 0. The molecule has 0 amide bonds. The number of aryl methyl sites for hydroxylation is 1. The summed E-state index contributed by atoms with van der Waals surface area (Å²) in [5.41, 5.74) is 2.08. The van der Waals surface area contributed by atoms with Gasteiger partial charge in [0.1, 0.15) is 6.26 Å². The first-order valence-corrected chi connectivity index (χ1v) is 6.52. The summed E-state index contributed by atoms with van der Waals surface area (Å²) in [5, 5.41) is 4.14. The van der Waals surface area contributed by atoms with Gasteiger partial charge in [0, 0.05) is 13.2 Å². The molecule has 3 aromatic rings. The molecule has 0 aliphatic heterocycles. The van der Waals surface area contributed by atoms with E-state index < -0.39 is 12.1 Å². The molecule has 2 heterocycles. The molecule has 0 bridgehead atoms.